The van der Waals surface area contributed by atoms with Crippen molar-refractivity contribution in [3.63, 3.8) is 0 Å². The van der Waals surface area contributed by atoms with Crippen molar-refractivity contribution in [3.8, 4) is 12.0 Å². The molecule has 0 aliphatic heterocycles. The summed E-state index contributed by atoms with van der Waals surface area (Å²) in [5.41, 5.74) is 1.05. The van der Waals surface area contributed by atoms with E-state index in [9.17, 15) is 9.59 Å². The summed E-state index contributed by atoms with van der Waals surface area (Å²) in [4.78, 5) is 27.0. The molecule has 78 valence electrons. The van der Waals surface area contributed by atoms with Crippen molar-refractivity contribution >= 4 is 23.5 Å². The maximum atomic E-state index is 10.1. The van der Waals surface area contributed by atoms with E-state index >= 15 is 0 Å². The fourth-order valence-electron chi connectivity index (χ4n) is 1.10. The minimum Gasteiger partial charge on any atom is -0.386 e. The zero-order valence-corrected chi connectivity index (χ0v) is 8.22. The molecule has 0 fully saturated rings. The van der Waals surface area contributed by atoms with E-state index in [1.54, 1.807) is 6.92 Å². The minimum atomic E-state index is 0.0328. The molecule has 0 heterocycles. The van der Waals surface area contributed by atoms with Crippen molar-refractivity contribution in [2.75, 3.05) is 0 Å². The van der Waals surface area contributed by atoms with Crippen molar-refractivity contribution in [1.29, 1.82) is 5.26 Å². The van der Waals surface area contributed by atoms with Gasteiger partial charge in [0, 0.05) is 6.07 Å². The Hall–Kier alpha value is -2.73. The highest BCUT2D eigenvalue weighted by molar-refractivity contribution is 5.67. The summed E-state index contributed by atoms with van der Waals surface area (Å²) in [5, 5.41) is 8.38. The van der Waals surface area contributed by atoms with Gasteiger partial charge in [0.05, 0.1) is 5.69 Å². The molecule has 0 atom stereocenters. The Balaban J connectivity index is 3.42. The number of aryl methyl sites for hydroxylation is 1. The van der Waals surface area contributed by atoms with Crippen LogP contribution in [0.15, 0.2) is 22.1 Å². The number of rotatable bonds is 3. The van der Waals surface area contributed by atoms with E-state index in [4.69, 9.17) is 5.26 Å². The maximum Gasteiger partial charge on any atom is 0.292 e. The van der Waals surface area contributed by atoms with E-state index in [1.165, 1.54) is 30.5 Å². The number of nitriles is 1. The first-order chi connectivity index (χ1) is 7.72. The van der Waals surface area contributed by atoms with E-state index < -0.39 is 0 Å². The first-order valence-electron chi connectivity index (χ1n) is 4.09. The molecule has 0 aliphatic rings. The van der Waals surface area contributed by atoms with E-state index in [0.717, 1.165) is 0 Å². The zero-order valence-electron chi connectivity index (χ0n) is 8.22. The zero-order chi connectivity index (χ0) is 12.0. The van der Waals surface area contributed by atoms with Crippen molar-refractivity contribution in [2.24, 2.45) is 9.98 Å². The highest BCUT2D eigenvalue weighted by Gasteiger charge is 2.08. The lowest BCUT2D eigenvalue weighted by Gasteiger charge is -2.03. The third-order valence-corrected chi connectivity index (χ3v) is 1.77. The second-order valence-corrected chi connectivity index (χ2v) is 2.71. The standard InChI is InChI=1S/C10H5N3O3/c1-7-2-9(13-6-15)10(16-4-11)3-8(7)12-5-14/h2-3H,1H3. The first kappa shape index (κ1) is 11.3. The molecule has 6 nitrogen and oxygen atoms in total. The van der Waals surface area contributed by atoms with Crippen LogP contribution in [0.2, 0.25) is 0 Å². The Morgan fingerprint density at radius 3 is 2.38 bits per heavy atom. The van der Waals surface area contributed by atoms with Gasteiger partial charge in [-0.1, -0.05) is 0 Å². The van der Waals surface area contributed by atoms with Crippen LogP contribution in [0.5, 0.6) is 5.75 Å². The van der Waals surface area contributed by atoms with Crippen molar-refractivity contribution in [2.45, 2.75) is 6.92 Å². The molecule has 1 aromatic rings. The molecule has 0 radical (unpaired) electrons. The molecule has 0 bridgehead atoms. The van der Waals surface area contributed by atoms with Gasteiger partial charge in [0.25, 0.3) is 6.26 Å². The number of aliphatic imine (C=N–C) groups is 2. The largest absolute Gasteiger partial charge is 0.386 e. The summed E-state index contributed by atoms with van der Waals surface area (Å²) in [5.74, 6) is 0.0328. The van der Waals surface area contributed by atoms with Crippen LogP contribution in [0.3, 0.4) is 0 Å². The van der Waals surface area contributed by atoms with E-state index in [0.29, 0.717) is 11.3 Å². The lowest BCUT2D eigenvalue weighted by Crippen LogP contribution is -1.85. The topological polar surface area (TPSA) is 91.9 Å². The Morgan fingerprint density at radius 2 is 1.81 bits per heavy atom. The summed E-state index contributed by atoms with van der Waals surface area (Å²) in [6.07, 6.45) is 4.15. The Kier molecular flexibility index (Phi) is 3.71. The van der Waals surface area contributed by atoms with Crippen LogP contribution in [0, 0.1) is 18.4 Å². The molecule has 0 saturated carbocycles. The molecule has 0 spiro atoms. The molecule has 0 aromatic heterocycles. The van der Waals surface area contributed by atoms with Gasteiger partial charge in [0.2, 0.25) is 12.2 Å². The van der Waals surface area contributed by atoms with Gasteiger partial charge < -0.3 is 4.74 Å². The summed E-state index contributed by atoms with van der Waals surface area (Å²) in [7, 11) is 0. The number of hydrogen-bond acceptors (Lipinski definition) is 6. The molecule has 0 unspecified atom stereocenters. The monoisotopic (exact) mass is 215 g/mol. The maximum absolute atomic E-state index is 10.1. The van der Waals surface area contributed by atoms with Crippen LogP contribution >= 0.6 is 0 Å². The molecule has 16 heavy (non-hydrogen) atoms. The van der Waals surface area contributed by atoms with Crippen LogP contribution in [0.25, 0.3) is 0 Å². The third kappa shape index (κ3) is 2.40. The number of benzene rings is 1. The average Bonchev–Trinajstić information content (AvgIpc) is 2.25. The molecule has 0 amide bonds. The van der Waals surface area contributed by atoms with Gasteiger partial charge in [-0.3, -0.25) is 0 Å². The second-order valence-electron chi connectivity index (χ2n) is 2.71. The van der Waals surface area contributed by atoms with Gasteiger partial charge in [-0.25, -0.2) is 9.59 Å². The molecular formula is C10H5N3O3. The number of hydrogen-bond donors (Lipinski definition) is 0. The van der Waals surface area contributed by atoms with Gasteiger partial charge in [-0.05, 0) is 18.6 Å². The van der Waals surface area contributed by atoms with E-state index in [2.05, 4.69) is 14.7 Å². The van der Waals surface area contributed by atoms with Crippen LogP contribution < -0.4 is 4.74 Å². The van der Waals surface area contributed by atoms with Gasteiger partial charge in [-0.15, -0.1) is 5.26 Å². The van der Waals surface area contributed by atoms with Gasteiger partial charge >= 0.3 is 0 Å². The molecule has 0 aliphatic carbocycles. The van der Waals surface area contributed by atoms with Gasteiger partial charge in [0.1, 0.15) is 5.69 Å². The molecule has 1 rings (SSSR count). The van der Waals surface area contributed by atoms with Gasteiger partial charge in [-0.2, -0.15) is 9.98 Å². The lowest BCUT2D eigenvalue weighted by molar-refractivity contribution is 0.508. The number of ether oxygens (including phenoxy) is 1. The lowest BCUT2D eigenvalue weighted by atomic mass is 10.1. The first-order valence-corrected chi connectivity index (χ1v) is 4.09. The van der Waals surface area contributed by atoms with E-state index in [1.807, 2.05) is 0 Å². The van der Waals surface area contributed by atoms with Crippen LogP contribution in [-0.2, 0) is 9.59 Å². The predicted octanol–water partition coefficient (Wildman–Crippen LogP) is 1.79. The Bertz CT molecular complexity index is 547. The summed E-state index contributed by atoms with van der Waals surface area (Å²) < 4.78 is 4.57. The molecular weight excluding hydrogens is 210 g/mol. The van der Waals surface area contributed by atoms with E-state index in [-0.39, 0.29) is 11.4 Å². The number of nitrogens with zero attached hydrogens (tertiary/aromatic N) is 3. The second kappa shape index (κ2) is 5.23. The van der Waals surface area contributed by atoms with Crippen molar-refractivity contribution < 1.29 is 14.3 Å². The third-order valence-electron chi connectivity index (χ3n) is 1.77. The predicted molar refractivity (Wildman–Crippen MR) is 53.0 cm³/mol. The summed E-state index contributed by atoms with van der Waals surface area (Å²) in [6, 6.07) is 2.77. The highest BCUT2D eigenvalue weighted by atomic mass is 16.5. The highest BCUT2D eigenvalue weighted by Crippen LogP contribution is 2.34. The normalized spacial score (nSPS) is 8.25. The number of carbonyl (C=O) groups excluding carboxylic acids is 2. The fourth-order valence-corrected chi connectivity index (χ4v) is 1.10. The average molecular weight is 215 g/mol. The van der Waals surface area contributed by atoms with Crippen LogP contribution in [-0.4, -0.2) is 12.2 Å². The van der Waals surface area contributed by atoms with Gasteiger partial charge in [0.15, 0.2) is 5.75 Å². The van der Waals surface area contributed by atoms with Crippen molar-refractivity contribution in [3.05, 3.63) is 17.7 Å². The fraction of sp³-hybridized carbons (Fsp3) is 0.100. The van der Waals surface area contributed by atoms with Crippen LogP contribution in [0.4, 0.5) is 11.4 Å². The Morgan fingerprint density at radius 1 is 1.19 bits per heavy atom. The minimum absolute atomic E-state index is 0.0328. The van der Waals surface area contributed by atoms with Crippen molar-refractivity contribution in [1.82, 2.24) is 0 Å². The molecule has 0 N–H and O–H groups in total. The number of isocyanates is 2. The Labute approximate surface area is 90.5 Å². The smallest absolute Gasteiger partial charge is 0.292 e. The molecule has 6 heteroatoms. The SMILES string of the molecule is Cc1cc(N=C=O)c(OC#N)cc1N=C=O. The van der Waals surface area contributed by atoms with Crippen LogP contribution in [0.1, 0.15) is 5.56 Å². The summed E-state index contributed by atoms with van der Waals surface area (Å²) in [6.45, 7) is 1.66. The molecule has 1 aromatic carbocycles. The quantitative estimate of drug-likeness (QED) is 0.436. The molecule has 0 saturated heterocycles. The summed E-state index contributed by atoms with van der Waals surface area (Å²) >= 11 is 0.